The molecule has 0 aliphatic carbocycles. The lowest BCUT2D eigenvalue weighted by Gasteiger charge is -2.37. The third kappa shape index (κ3) is 6.36. The van der Waals surface area contributed by atoms with Crippen LogP contribution in [0, 0.1) is 0 Å². The standard InChI is InChI=1S/C14H28N2O3/c1-11(2)19-7-5-14(17)15-9-12(3)16-6-8-18-10-13(16)4/h11-13H,5-10H2,1-4H3,(H,15,17)/t12-,13+/m1/s1. The van der Waals surface area contributed by atoms with Gasteiger partial charge in [-0.1, -0.05) is 0 Å². The Morgan fingerprint density at radius 1 is 1.47 bits per heavy atom. The number of nitrogens with zero attached hydrogens (tertiary/aromatic N) is 1. The Balaban J connectivity index is 2.18. The first-order valence-corrected chi connectivity index (χ1v) is 7.22. The highest BCUT2D eigenvalue weighted by Crippen LogP contribution is 2.10. The van der Waals surface area contributed by atoms with Gasteiger partial charge in [-0.2, -0.15) is 0 Å². The van der Waals surface area contributed by atoms with Crippen LogP contribution >= 0.6 is 0 Å². The summed E-state index contributed by atoms with van der Waals surface area (Å²) in [6.07, 6.45) is 0.616. The summed E-state index contributed by atoms with van der Waals surface area (Å²) in [5.74, 6) is 0.0633. The van der Waals surface area contributed by atoms with Crippen LogP contribution in [0.15, 0.2) is 0 Å². The van der Waals surface area contributed by atoms with Crippen molar-refractivity contribution in [2.24, 2.45) is 0 Å². The van der Waals surface area contributed by atoms with Crippen LogP contribution in [0.4, 0.5) is 0 Å². The Kier molecular flexibility index (Phi) is 7.34. The second kappa shape index (κ2) is 8.51. The third-order valence-electron chi connectivity index (χ3n) is 3.36. The van der Waals surface area contributed by atoms with Crippen molar-refractivity contribution in [1.82, 2.24) is 10.2 Å². The molecule has 19 heavy (non-hydrogen) atoms. The second-order valence-electron chi connectivity index (χ2n) is 5.48. The van der Waals surface area contributed by atoms with Crippen molar-refractivity contribution in [3.63, 3.8) is 0 Å². The third-order valence-corrected chi connectivity index (χ3v) is 3.36. The van der Waals surface area contributed by atoms with Gasteiger partial charge in [-0.3, -0.25) is 9.69 Å². The monoisotopic (exact) mass is 272 g/mol. The maximum atomic E-state index is 11.7. The SMILES string of the molecule is CC(C)OCCC(=O)NC[C@@H](C)N1CCOC[C@@H]1C. The molecule has 0 unspecified atom stereocenters. The molecule has 1 aliphatic rings. The van der Waals surface area contributed by atoms with Gasteiger partial charge in [0.1, 0.15) is 0 Å². The van der Waals surface area contributed by atoms with Crippen LogP contribution in [-0.2, 0) is 14.3 Å². The minimum absolute atomic E-state index is 0.0633. The summed E-state index contributed by atoms with van der Waals surface area (Å²) >= 11 is 0. The van der Waals surface area contributed by atoms with Gasteiger partial charge in [0.2, 0.25) is 5.91 Å². The minimum atomic E-state index is 0.0633. The summed E-state index contributed by atoms with van der Waals surface area (Å²) in [4.78, 5) is 14.0. The molecule has 0 aromatic carbocycles. The van der Waals surface area contributed by atoms with Crippen LogP contribution in [-0.4, -0.2) is 61.9 Å². The van der Waals surface area contributed by atoms with E-state index in [-0.39, 0.29) is 12.0 Å². The fourth-order valence-corrected chi connectivity index (χ4v) is 2.25. The van der Waals surface area contributed by atoms with Crippen LogP contribution in [0.5, 0.6) is 0 Å². The lowest BCUT2D eigenvalue weighted by Crippen LogP contribution is -2.51. The Morgan fingerprint density at radius 2 is 2.21 bits per heavy atom. The van der Waals surface area contributed by atoms with Gasteiger partial charge in [-0.25, -0.2) is 0 Å². The molecule has 1 amide bonds. The average Bonchev–Trinajstić information content (AvgIpc) is 2.36. The molecular formula is C14H28N2O3. The van der Waals surface area contributed by atoms with Gasteiger partial charge in [0.15, 0.2) is 0 Å². The van der Waals surface area contributed by atoms with Gasteiger partial charge in [0.05, 0.1) is 25.9 Å². The number of carbonyl (C=O) groups is 1. The molecule has 112 valence electrons. The second-order valence-corrected chi connectivity index (χ2v) is 5.48. The predicted octanol–water partition coefficient (Wildman–Crippen LogP) is 1.03. The lowest BCUT2D eigenvalue weighted by molar-refractivity contribution is -0.122. The van der Waals surface area contributed by atoms with Crippen LogP contribution in [0.2, 0.25) is 0 Å². The Hall–Kier alpha value is -0.650. The molecule has 0 radical (unpaired) electrons. The normalized spacial score (nSPS) is 22.5. The zero-order chi connectivity index (χ0) is 14.3. The van der Waals surface area contributed by atoms with Crippen LogP contribution in [0.1, 0.15) is 34.1 Å². The molecule has 0 bridgehead atoms. The van der Waals surface area contributed by atoms with Crippen molar-refractivity contribution < 1.29 is 14.3 Å². The molecule has 1 rings (SSSR count). The van der Waals surface area contributed by atoms with Crippen LogP contribution in [0.25, 0.3) is 0 Å². The van der Waals surface area contributed by atoms with E-state index < -0.39 is 0 Å². The van der Waals surface area contributed by atoms with Crippen molar-refractivity contribution in [1.29, 1.82) is 0 Å². The predicted molar refractivity (Wildman–Crippen MR) is 75.2 cm³/mol. The van der Waals surface area contributed by atoms with E-state index in [1.54, 1.807) is 0 Å². The Bertz CT molecular complexity index is 271. The largest absolute Gasteiger partial charge is 0.379 e. The fraction of sp³-hybridized carbons (Fsp3) is 0.929. The number of amides is 1. The van der Waals surface area contributed by atoms with Crippen LogP contribution in [0.3, 0.4) is 0 Å². The summed E-state index contributed by atoms with van der Waals surface area (Å²) in [7, 11) is 0. The molecule has 0 aromatic rings. The summed E-state index contributed by atoms with van der Waals surface area (Å²) < 4.78 is 10.8. The maximum absolute atomic E-state index is 11.7. The number of rotatable bonds is 7. The number of carbonyl (C=O) groups excluding carboxylic acids is 1. The van der Waals surface area contributed by atoms with E-state index in [4.69, 9.17) is 9.47 Å². The Labute approximate surface area is 116 Å². The number of ether oxygens (including phenoxy) is 2. The van der Waals surface area contributed by atoms with Gasteiger partial charge >= 0.3 is 0 Å². The van der Waals surface area contributed by atoms with Gasteiger partial charge < -0.3 is 14.8 Å². The highest BCUT2D eigenvalue weighted by Gasteiger charge is 2.23. The van der Waals surface area contributed by atoms with Crippen molar-refractivity contribution in [2.75, 3.05) is 32.9 Å². The molecule has 5 heteroatoms. The molecule has 1 fully saturated rings. The first-order chi connectivity index (χ1) is 9.00. The summed E-state index contributed by atoms with van der Waals surface area (Å²) in [5.41, 5.74) is 0. The number of nitrogens with one attached hydrogen (secondary N) is 1. The van der Waals surface area contributed by atoms with E-state index in [1.807, 2.05) is 13.8 Å². The zero-order valence-corrected chi connectivity index (χ0v) is 12.6. The molecular weight excluding hydrogens is 244 g/mol. The topological polar surface area (TPSA) is 50.8 Å². The van der Waals surface area contributed by atoms with Crippen molar-refractivity contribution >= 4 is 5.91 Å². The van der Waals surface area contributed by atoms with Gasteiger partial charge in [-0.15, -0.1) is 0 Å². The van der Waals surface area contributed by atoms with Gasteiger partial charge in [0, 0.05) is 31.6 Å². The quantitative estimate of drug-likeness (QED) is 0.752. The molecule has 1 heterocycles. The van der Waals surface area contributed by atoms with Gasteiger partial charge in [0.25, 0.3) is 0 Å². The first-order valence-electron chi connectivity index (χ1n) is 7.22. The van der Waals surface area contributed by atoms with E-state index >= 15 is 0 Å². The molecule has 1 aliphatic heterocycles. The molecule has 1 saturated heterocycles. The molecule has 0 aromatic heterocycles. The number of morpholine rings is 1. The molecule has 1 N–H and O–H groups in total. The zero-order valence-electron chi connectivity index (χ0n) is 12.6. The van der Waals surface area contributed by atoms with E-state index in [2.05, 4.69) is 24.1 Å². The van der Waals surface area contributed by atoms with E-state index in [1.165, 1.54) is 0 Å². The summed E-state index contributed by atoms with van der Waals surface area (Å²) in [6, 6.07) is 0.763. The molecule has 2 atom stereocenters. The number of hydrogen-bond donors (Lipinski definition) is 1. The smallest absolute Gasteiger partial charge is 0.222 e. The van der Waals surface area contributed by atoms with Crippen molar-refractivity contribution in [3.05, 3.63) is 0 Å². The van der Waals surface area contributed by atoms with E-state index in [0.29, 0.717) is 31.7 Å². The van der Waals surface area contributed by atoms with E-state index in [0.717, 1.165) is 19.8 Å². The van der Waals surface area contributed by atoms with Gasteiger partial charge in [-0.05, 0) is 27.7 Å². The summed E-state index contributed by atoms with van der Waals surface area (Å²) in [6.45, 7) is 11.9. The van der Waals surface area contributed by atoms with Crippen LogP contribution < -0.4 is 5.32 Å². The van der Waals surface area contributed by atoms with Crippen molar-refractivity contribution in [3.8, 4) is 0 Å². The van der Waals surface area contributed by atoms with E-state index in [9.17, 15) is 4.79 Å². The Morgan fingerprint density at radius 3 is 2.84 bits per heavy atom. The fourth-order valence-electron chi connectivity index (χ4n) is 2.25. The minimum Gasteiger partial charge on any atom is -0.379 e. The lowest BCUT2D eigenvalue weighted by atomic mass is 10.2. The number of hydrogen-bond acceptors (Lipinski definition) is 4. The first kappa shape index (κ1) is 16.4. The van der Waals surface area contributed by atoms with Crippen molar-refractivity contribution in [2.45, 2.75) is 52.3 Å². The molecule has 0 spiro atoms. The highest BCUT2D eigenvalue weighted by atomic mass is 16.5. The summed E-state index contributed by atoms with van der Waals surface area (Å²) in [5, 5.41) is 2.97. The molecule has 5 nitrogen and oxygen atoms in total. The maximum Gasteiger partial charge on any atom is 0.222 e. The highest BCUT2D eigenvalue weighted by molar-refractivity contribution is 5.75. The average molecular weight is 272 g/mol. The molecule has 0 saturated carbocycles.